The van der Waals surface area contributed by atoms with Crippen LogP contribution in [0.15, 0.2) is 24.3 Å². The summed E-state index contributed by atoms with van der Waals surface area (Å²) in [4.78, 5) is 13.3. The average molecular weight is 221 g/mol. The molecule has 1 rings (SSSR count). The number of carbonyl (C=O) groups is 1. The van der Waals surface area contributed by atoms with Gasteiger partial charge in [0.15, 0.2) is 0 Å². The summed E-state index contributed by atoms with van der Waals surface area (Å²) in [7, 11) is 1.83. The van der Waals surface area contributed by atoms with Crippen LogP contribution in [0.2, 0.25) is 0 Å². The Morgan fingerprint density at radius 2 is 2.12 bits per heavy atom. The molecule has 0 aliphatic heterocycles. The second-order valence-corrected chi connectivity index (χ2v) is 4.26. The van der Waals surface area contributed by atoms with Gasteiger partial charge in [0.25, 0.3) is 0 Å². The molecule has 0 amide bonds. The molecule has 0 saturated carbocycles. The van der Waals surface area contributed by atoms with Crippen molar-refractivity contribution in [1.29, 1.82) is 0 Å². The van der Waals surface area contributed by atoms with E-state index in [1.165, 1.54) is 0 Å². The van der Waals surface area contributed by atoms with E-state index in [2.05, 4.69) is 0 Å². The maximum Gasteiger partial charge on any atom is 0.328 e. The van der Waals surface area contributed by atoms with Crippen LogP contribution >= 0.6 is 0 Å². The third-order valence-corrected chi connectivity index (χ3v) is 3.23. The van der Waals surface area contributed by atoms with Gasteiger partial charge in [-0.05, 0) is 33.0 Å². The van der Waals surface area contributed by atoms with E-state index in [1.807, 2.05) is 50.1 Å². The lowest BCUT2D eigenvalue weighted by Gasteiger charge is -2.34. The van der Waals surface area contributed by atoms with E-state index in [9.17, 15) is 9.90 Å². The minimum absolute atomic E-state index is 0.691. The van der Waals surface area contributed by atoms with Gasteiger partial charge in [-0.2, -0.15) is 0 Å². The highest BCUT2D eigenvalue weighted by molar-refractivity contribution is 5.80. The van der Waals surface area contributed by atoms with Gasteiger partial charge in [0.05, 0.1) is 0 Å². The van der Waals surface area contributed by atoms with Crippen molar-refractivity contribution in [2.45, 2.75) is 26.3 Å². The lowest BCUT2D eigenvalue weighted by atomic mass is 9.89. The second kappa shape index (κ2) is 4.66. The first-order valence-electron chi connectivity index (χ1n) is 5.44. The molecular weight excluding hydrogens is 202 g/mol. The van der Waals surface area contributed by atoms with Crippen LogP contribution in [0.4, 0.5) is 0 Å². The fourth-order valence-electron chi connectivity index (χ4n) is 1.77. The van der Waals surface area contributed by atoms with E-state index in [0.29, 0.717) is 6.54 Å². The van der Waals surface area contributed by atoms with Crippen molar-refractivity contribution in [3.05, 3.63) is 35.4 Å². The Labute approximate surface area is 96.7 Å². The lowest BCUT2D eigenvalue weighted by Crippen LogP contribution is -2.47. The maximum atomic E-state index is 11.5. The summed E-state index contributed by atoms with van der Waals surface area (Å²) in [5, 5.41) is 9.44. The van der Waals surface area contributed by atoms with Gasteiger partial charge in [-0.25, -0.2) is 4.79 Å². The molecule has 0 aromatic heterocycles. The number of likely N-dealkylation sites (N-methyl/N-ethyl adjacent to an activating group) is 1. The Balaban J connectivity index is 3.27. The molecule has 88 valence electrons. The van der Waals surface area contributed by atoms with Gasteiger partial charge in [-0.1, -0.05) is 36.8 Å². The highest BCUT2D eigenvalue weighted by atomic mass is 16.4. The van der Waals surface area contributed by atoms with Crippen molar-refractivity contribution in [1.82, 2.24) is 4.90 Å². The number of rotatable bonds is 4. The molecule has 0 radical (unpaired) electrons. The first-order chi connectivity index (χ1) is 7.42. The SMILES string of the molecule is CCN(C)C(C)(C(=O)O)c1cccc(C)c1. The summed E-state index contributed by atoms with van der Waals surface area (Å²) >= 11 is 0. The molecule has 1 unspecified atom stereocenters. The molecule has 16 heavy (non-hydrogen) atoms. The van der Waals surface area contributed by atoms with Gasteiger partial charge >= 0.3 is 5.97 Å². The molecular formula is C13H19NO2. The molecule has 3 nitrogen and oxygen atoms in total. The van der Waals surface area contributed by atoms with Gasteiger partial charge in [0, 0.05) is 0 Å². The smallest absolute Gasteiger partial charge is 0.328 e. The monoisotopic (exact) mass is 221 g/mol. The molecule has 3 heteroatoms. The van der Waals surface area contributed by atoms with Crippen LogP contribution in [-0.4, -0.2) is 29.6 Å². The second-order valence-electron chi connectivity index (χ2n) is 4.26. The number of aryl methyl sites for hydroxylation is 1. The Morgan fingerprint density at radius 3 is 2.56 bits per heavy atom. The van der Waals surface area contributed by atoms with Crippen molar-refractivity contribution in [3.63, 3.8) is 0 Å². The third kappa shape index (κ3) is 2.09. The van der Waals surface area contributed by atoms with Gasteiger partial charge in [0.2, 0.25) is 0 Å². The van der Waals surface area contributed by atoms with Gasteiger partial charge < -0.3 is 5.11 Å². The standard InChI is InChI=1S/C13H19NO2/c1-5-14(4)13(3,12(15)16)11-8-6-7-10(2)9-11/h6-9H,5H2,1-4H3,(H,15,16). The number of aliphatic carboxylic acids is 1. The number of carboxylic acids is 1. The topological polar surface area (TPSA) is 40.5 Å². The van der Waals surface area contributed by atoms with Crippen molar-refractivity contribution in [2.24, 2.45) is 0 Å². The number of carboxylic acid groups (broad SMARTS) is 1. The van der Waals surface area contributed by atoms with Crippen molar-refractivity contribution < 1.29 is 9.90 Å². The molecule has 0 aliphatic carbocycles. The quantitative estimate of drug-likeness (QED) is 0.847. The summed E-state index contributed by atoms with van der Waals surface area (Å²) in [6.07, 6.45) is 0. The minimum atomic E-state index is -0.958. The lowest BCUT2D eigenvalue weighted by molar-refractivity contribution is -0.150. The first-order valence-corrected chi connectivity index (χ1v) is 5.44. The maximum absolute atomic E-state index is 11.5. The van der Waals surface area contributed by atoms with E-state index in [4.69, 9.17) is 0 Å². The highest BCUT2D eigenvalue weighted by Gasteiger charge is 2.38. The summed E-state index contributed by atoms with van der Waals surface area (Å²) in [6.45, 7) is 6.36. The number of hydrogen-bond acceptors (Lipinski definition) is 2. The van der Waals surface area contributed by atoms with Crippen molar-refractivity contribution in [2.75, 3.05) is 13.6 Å². The van der Waals surface area contributed by atoms with Crippen LogP contribution in [0.5, 0.6) is 0 Å². The Morgan fingerprint density at radius 1 is 1.50 bits per heavy atom. The van der Waals surface area contributed by atoms with Crippen molar-refractivity contribution in [3.8, 4) is 0 Å². The zero-order valence-electron chi connectivity index (χ0n) is 10.3. The first kappa shape index (κ1) is 12.7. The van der Waals surface area contributed by atoms with Gasteiger partial charge in [-0.15, -0.1) is 0 Å². The van der Waals surface area contributed by atoms with Gasteiger partial charge in [-0.3, -0.25) is 4.90 Å². The summed E-state index contributed by atoms with van der Waals surface area (Å²) in [6, 6.07) is 7.67. The molecule has 0 fully saturated rings. The highest BCUT2D eigenvalue weighted by Crippen LogP contribution is 2.27. The largest absolute Gasteiger partial charge is 0.480 e. The van der Waals surface area contributed by atoms with E-state index in [0.717, 1.165) is 11.1 Å². The Bertz CT molecular complexity index is 389. The molecule has 0 bridgehead atoms. The van der Waals surface area contributed by atoms with E-state index < -0.39 is 11.5 Å². The minimum Gasteiger partial charge on any atom is -0.480 e. The molecule has 0 spiro atoms. The molecule has 0 heterocycles. The Hall–Kier alpha value is -1.35. The average Bonchev–Trinajstić information content (AvgIpc) is 2.26. The van der Waals surface area contributed by atoms with Crippen LogP contribution in [0.25, 0.3) is 0 Å². The Kier molecular flexibility index (Phi) is 3.70. The third-order valence-electron chi connectivity index (χ3n) is 3.23. The van der Waals surface area contributed by atoms with E-state index in [1.54, 1.807) is 6.92 Å². The van der Waals surface area contributed by atoms with Gasteiger partial charge in [0.1, 0.15) is 5.54 Å². The fourth-order valence-corrected chi connectivity index (χ4v) is 1.77. The van der Waals surface area contributed by atoms with Crippen LogP contribution in [0.3, 0.4) is 0 Å². The summed E-state index contributed by atoms with van der Waals surface area (Å²) in [5.41, 5.74) is 0.944. The number of benzene rings is 1. The summed E-state index contributed by atoms with van der Waals surface area (Å²) in [5.74, 6) is -0.817. The zero-order chi connectivity index (χ0) is 12.3. The van der Waals surface area contributed by atoms with Crippen LogP contribution in [-0.2, 0) is 10.3 Å². The predicted molar refractivity (Wildman–Crippen MR) is 64.5 cm³/mol. The zero-order valence-corrected chi connectivity index (χ0v) is 10.3. The van der Waals surface area contributed by atoms with Crippen LogP contribution < -0.4 is 0 Å². The van der Waals surface area contributed by atoms with Crippen LogP contribution in [0.1, 0.15) is 25.0 Å². The molecule has 0 aliphatic rings. The molecule has 1 aromatic carbocycles. The molecule has 0 saturated heterocycles. The summed E-state index contributed by atoms with van der Waals surface area (Å²) < 4.78 is 0. The fraction of sp³-hybridized carbons (Fsp3) is 0.462. The number of nitrogens with zero attached hydrogens (tertiary/aromatic N) is 1. The number of hydrogen-bond donors (Lipinski definition) is 1. The predicted octanol–water partition coefficient (Wildman–Crippen LogP) is 2.25. The van der Waals surface area contributed by atoms with Crippen LogP contribution in [0, 0.1) is 6.92 Å². The normalized spacial score (nSPS) is 14.8. The van der Waals surface area contributed by atoms with Crippen molar-refractivity contribution >= 4 is 5.97 Å². The van der Waals surface area contributed by atoms with E-state index >= 15 is 0 Å². The van der Waals surface area contributed by atoms with E-state index in [-0.39, 0.29) is 0 Å². The molecule has 1 atom stereocenters. The molecule has 1 aromatic rings. The molecule has 1 N–H and O–H groups in total.